The molecule has 29 heavy (non-hydrogen) atoms. The number of rotatable bonds is 20. The van der Waals surface area contributed by atoms with Gasteiger partial charge < -0.3 is 28.5 Å². The van der Waals surface area contributed by atoms with Crippen LogP contribution in [0.4, 0.5) is 0 Å². The lowest BCUT2D eigenvalue weighted by Gasteiger charge is -2.36. The van der Waals surface area contributed by atoms with Crippen molar-refractivity contribution in [2.24, 2.45) is 0 Å². The smallest absolute Gasteiger partial charge is 0.214 e. The molecule has 0 saturated carbocycles. The monoisotopic (exact) mass is 546 g/mol. The summed E-state index contributed by atoms with van der Waals surface area (Å²) < 4.78 is 27.6. The average Bonchev–Trinajstić information content (AvgIpc) is 2.70. The van der Waals surface area contributed by atoms with E-state index in [-0.39, 0.29) is 24.0 Å². The number of unbranched alkanes of at least 4 members (excludes halogenated alkanes) is 11. The molecule has 0 rings (SSSR count). The minimum atomic E-state index is -3.10. The first-order chi connectivity index (χ1) is 13.4. The Bertz CT molecular complexity index is 446. The zero-order valence-corrected chi connectivity index (χ0v) is 23.2. The van der Waals surface area contributed by atoms with Gasteiger partial charge in [-0.2, -0.15) is 4.31 Å². The summed E-state index contributed by atoms with van der Waals surface area (Å²) >= 11 is 0. The highest BCUT2D eigenvalue weighted by atomic mass is 127. The third-order valence-electron chi connectivity index (χ3n) is 6.63. The van der Waals surface area contributed by atoms with Crippen molar-refractivity contribution in [1.82, 2.24) is 4.31 Å². The first kappa shape index (κ1) is 31.8. The summed E-state index contributed by atoms with van der Waals surface area (Å²) in [7, 11) is -1.34. The van der Waals surface area contributed by atoms with Crippen LogP contribution in [-0.2, 0) is 10.0 Å². The van der Waals surface area contributed by atoms with E-state index >= 15 is 0 Å². The van der Waals surface area contributed by atoms with Crippen molar-refractivity contribution in [3.63, 3.8) is 0 Å². The first-order valence-corrected chi connectivity index (χ1v) is 13.8. The van der Waals surface area contributed by atoms with Gasteiger partial charge in [-0.05, 0) is 27.2 Å². The number of hydrogen-bond donors (Lipinski definition) is 0. The van der Waals surface area contributed by atoms with Crippen LogP contribution in [0.1, 0.15) is 105 Å². The standard InChI is InChI=1S/C23H51N2O2S.HI/c1-6-10-11-12-13-14-15-16-17-18-19-20-23-28(26,27)24(5)21-22-25(7-2,8-3)9-4;/h6-23H2,1-5H3;1H/q+1;/p-1. The Morgan fingerprint density at radius 1 is 0.655 bits per heavy atom. The van der Waals surface area contributed by atoms with Crippen LogP contribution in [0.3, 0.4) is 0 Å². The van der Waals surface area contributed by atoms with Gasteiger partial charge in [0.15, 0.2) is 0 Å². The van der Waals surface area contributed by atoms with E-state index in [2.05, 4.69) is 27.7 Å². The number of sulfonamides is 1. The molecular formula is C23H51IN2O2S. The van der Waals surface area contributed by atoms with E-state index in [0.717, 1.165) is 43.5 Å². The molecule has 0 aromatic heterocycles. The molecular weight excluding hydrogens is 495 g/mol. The fraction of sp³-hybridized carbons (Fsp3) is 1.00. The maximum atomic E-state index is 12.5. The number of quaternary nitrogens is 1. The van der Waals surface area contributed by atoms with Gasteiger partial charge in [0, 0.05) is 7.05 Å². The summed E-state index contributed by atoms with van der Waals surface area (Å²) in [4.78, 5) is 0. The second kappa shape index (κ2) is 19.3. The highest BCUT2D eigenvalue weighted by molar-refractivity contribution is 7.89. The third kappa shape index (κ3) is 15.1. The van der Waals surface area contributed by atoms with Crippen molar-refractivity contribution >= 4 is 10.0 Å². The Labute approximate surface area is 200 Å². The molecule has 0 aromatic carbocycles. The molecule has 0 atom stereocenters. The van der Waals surface area contributed by atoms with Gasteiger partial charge in [-0.1, -0.05) is 77.6 Å². The Hall–Kier alpha value is 0.600. The molecule has 0 radical (unpaired) electrons. The molecule has 0 N–H and O–H groups in total. The molecule has 0 bridgehead atoms. The van der Waals surface area contributed by atoms with Crippen molar-refractivity contribution in [1.29, 1.82) is 0 Å². The largest absolute Gasteiger partial charge is 1.00 e. The molecule has 0 saturated heterocycles. The van der Waals surface area contributed by atoms with Crippen molar-refractivity contribution in [2.75, 3.05) is 45.5 Å². The maximum Gasteiger partial charge on any atom is 0.214 e. The fourth-order valence-corrected chi connectivity index (χ4v) is 5.16. The summed E-state index contributed by atoms with van der Waals surface area (Å²) in [5.41, 5.74) is 0. The van der Waals surface area contributed by atoms with Crippen LogP contribution in [0.25, 0.3) is 0 Å². The Balaban J connectivity index is 0. The lowest BCUT2D eigenvalue weighted by Crippen LogP contribution is -3.00. The van der Waals surface area contributed by atoms with Crippen molar-refractivity contribution in [3.8, 4) is 0 Å². The van der Waals surface area contributed by atoms with E-state index in [1.54, 1.807) is 11.4 Å². The topological polar surface area (TPSA) is 37.4 Å². The van der Waals surface area contributed by atoms with E-state index in [0.29, 0.717) is 12.3 Å². The van der Waals surface area contributed by atoms with Gasteiger partial charge in [-0.25, -0.2) is 8.42 Å². The van der Waals surface area contributed by atoms with Crippen LogP contribution in [0.2, 0.25) is 0 Å². The maximum absolute atomic E-state index is 12.5. The van der Waals surface area contributed by atoms with Gasteiger partial charge in [0.1, 0.15) is 0 Å². The molecule has 0 aliphatic rings. The van der Waals surface area contributed by atoms with Crippen molar-refractivity contribution < 1.29 is 36.9 Å². The van der Waals surface area contributed by atoms with Gasteiger partial charge in [-0.15, -0.1) is 0 Å². The molecule has 0 fully saturated rings. The van der Waals surface area contributed by atoms with E-state index < -0.39 is 10.0 Å². The minimum Gasteiger partial charge on any atom is -1.00 e. The molecule has 0 aliphatic carbocycles. The van der Waals surface area contributed by atoms with Crippen molar-refractivity contribution in [3.05, 3.63) is 0 Å². The minimum absolute atomic E-state index is 0. The van der Waals surface area contributed by atoms with Gasteiger partial charge in [0.25, 0.3) is 0 Å². The van der Waals surface area contributed by atoms with Crippen LogP contribution < -0.4 is 24.0 Å². The Kier molecular flexibility index (Phi) is 21.2. The summed E-state index contributed by atoms with van der Waals surface area (Å²) in [6, 6.07) is 0. The van der Waals surface area contributed by atoms with Crippen LogP contribution in [0.15, 0.2) is 0 Å². The van der Waals surface area contributed by atoms with E-state index in [4.69, 9.17) is 0 Å². The van der Waals surface area contributed by atoms with Gasteiger partial charge in [0.2, 0.25) is 10.0 Å². The molecule has 4 nitrogen and oxygen atoms in total. The number of nitrogens with zero attached hydrogens (tertiary/aromatic N) is 2. The summed E-state index contributed by atoms with van der Waals surface area (Å²) in [5.74, 6) is 0.311. The van der Waals surface area contributed by atoms with Gasteiger partial charge in [-0.3, -0.25) is 0 Å². The number of halogens is 1. The van der Waals surface area contributed by atoms with Crippen molar-refractivity contribution in [2.45, 2.75) is 105 Å². The molecule has 0 amide bonds. The predicted molar refractivity (Wildman–Crippen MR) is 124 cm³/mol. The van der Waals surface area contributed by atoms with Crippen LogP contribution >= 0.6 is 0 Å². The number of likely N-dealkylation sites (N-methyl/N-ethyl adjacent to an activating group) is 2. The molecule has 0 spiro atoms. The average molecular weight is 547 g/mol. The predicted octanol–water partition coefficient (Wildman–Crippen LogP) is 2.83. The second-order valence-electron chi connectivity index (χ2n) is 8.54. The van der Waals surface area contributed by atoms with Gasteiger partial charge >= 0.3 is 0 Å². The summed E-state index contributed by atoms with van der Waals surface area (Å²) in [6.45, 7) is 13.6. The van der Waals surface area contributed by atoms with Crippen LogP contribution in [0.5, 0.6) is 0 Å². The number of hydrogen-bond acceptors (Lipinski definition) is 2. The summed E-state index contributed by atoms with van der Waals surface area (Å²) in [6.07, 6.45) is 15.2. The molecule has 6 heteroatoms. The zero-order chi connectivity index (χ0) is 21.3. The lowest BCUT2D eigenvalue weighted by molar-refractivity contribution is -0.922. The normalized spacial score (nSPS) is 12.3. The molecule has 178 valence electrons. The summed E-state index contributed by atoms with van der Waals surface area (Å²) in [5, 5.41) is 0. The molecule has 0 aliphatic heterocycles. The third-order valence-corrected chi connectivity index (χ3v) is 8.57. The fourth-order valence-electron chi connectivity index (χ4n) is 3.92. The molecule has 0 heterocycles. The highest BCUT2D eigenvalue weighted by Gasteiger charge is 2.24. The quantitative estimate of drug-likeness (QED) is 0.134. The highest BCUT2D eigenvalue weighted by Crippen LogP contribution is 2.13. The van der Waals surface area contributed by atoms with E-state index in [9.17, 15) is 8.42 Å². The zero-order valence-electron chi connectivity index (χ0n) is 20.2. The Morgan fingerprint density at radius 2 is 1.03 bits per heavy atom. The second-order valence-corrected chi connectivity index (χ2v) is 10.7. The first-order valence-electron chi connectivity index (χ1n) is 12.2. The van der Waals surface area contributed by atoms with Crippen LogP contribution in [0, 0.1) is 0 Å². The van der Waals surface area contributed by atoms with Crippen LogP contribution in [-0.4, -0.2) is 62.7 Å². The SMILES string of the molecule is CCCCCCCCCCCCCCS(=O)(=O)N(C)CC[N+](CC)(CC)CC.[I-]. The van der Waals surface area contributed by atoms with E-state index in [1.807, 2.05) is 0 Å². The Morgan fingerprint density at radius 3 is 1.41 bits per heavy atom. The van der Waals surface area contributed by atoms with Gasteiger partial charge in [0.05, 0.1) is 38.5 Å². The van der Waals surface area contributed by atoms with E-state index in [1.165, 1.54) is 64.2 Å². The molecule has 0 unspecified atom stereocenters. The molecule has 0 aromatic rings. The lowest BCUT2D eigenvalue weighted by atomic mass is 10.1.